The highest BCUT2D eigenvalue weighted by Gasteiger charge is 2.06. The van der Waals surface area contributed by atoms with Crippen molar-refractivity contribution in [3.63, 3.8) is 0 Å². The van der Waals surface area contributed by atoms with E-state index in [4.69, 9.17) is 0 Å². The van der Waals surface area contributed by atoms with Gasteiger partial charge in [0, 0.05) is 12.0 Å². The van der Waals surface area contributed by atoms with Crippen LogP contribution >= 0.6 is 0 Å². The van der Waals surface area contributed by atoms with Crippen LogP contribution < -0.4 is 0 Å². The maximum absolute atomic E-state index is 10.7. The summed E-state index contributed by atoms with van der Waals surface area (Å²) in [5, 5.41) is 0. The third kappa shape index (κ3) is 2.28. The van der Waals surface area contributed by atoms with Gasteiger partial charge in [-0.05, 0) is 30.0 Å². The average Bonchev–Trinajstić information content (AvgIpc) is 2.19. The molecule has 0 N–H and O–H groups in total. The first-order chi connectivity index (χ1) is 6.69. The van der Waals surface area contributed by atoms with E-state index in [2.05, 4.69) is 0 Å². The van der Waals surface area contributed by atoms with Crippen molar-refractivity contribution in [2.24, 2.45) is 0 Å². The van der Waals surface area contributed by atoms with Crippen LogP contribution in [0.4, 0.5) is 0 Å². The monoisotopic (exact) mass is 190 g/mol. The summed E-state index contributed by atoms with van der Waals surface area (Å²) in [6.07, 6.45) is 2.26. The Morgan fingerprint density at radius 1 is 1.36 bits per heavy atom. The zero-order valence-electron chi connectivity index (χ0n) is 8.49. The van der Waals surface area contributed by atoms with Gasteiger partial charge >= 0.3 is 0 Å². The number of hydrogen-bond acceptors (Lipinski definition) is 2. The zero-order chi connectivity index (χ0) is 10.6. The van der Waals surface area contributed by atoms with Gasteiger partial charge in [-0.1, -0.05) is 19.1 Å². The Morgan fingerprint density at radius 3 is 2.64 bits per heavy atom. The fourth-order valence-corrected chi connectivity index (χ4v) is 1.37. The van der Waals surface area contributed by atoms with Gasteiger partial charge in [-0.2, -0.15) is 0 Å². The normalized spacial score (nSPS) is 12.1. The Hall–Kier alpha value is -1.44. The van der Waals surface area contributed by atoms with Crippen molar-refractivity contribution in [3.05, 3.63) is 34.9 Å². The lowest BCUT2D eigenvalue weighted by Crippen LogP contribution is -1.97. The summed E-state index contributed by atoms with van der Waals surface area (Å²) in [7, 11) is 0. The van der Waals surface area contributed by atoms with Gasteiger partial charge in [0.2, 0.25) is 0 Å². The highest BCUT2D eigenvalue weighted by molar-refractivity contribution is 5.77. The van der Waals surface area contributed by atoms with E-state index < -0.39 is 0 Å². The molecule has 0 fully saturated rings. The minimum atomic E-state index is 0.187. The zero-order valence-corrected chi connectivity index (χ0v) is 8.49. The molecule has 74 valence electrons. The molecular weight excluding hydrogens is 176 g/mol. The fraction of sp³-hybridized carbons (Fsp3) is 0.333. The number of carbonyl (C=O) groups is 2. The van der Waals surface area contributed by atoms with Crippen LogP contribution in [0.15, 0.2) is 18.2 Å². The highest BCUT2D eigenvalue weighted by atomic mass is 16.1. The van der Waals surface area contributed by atoms with Gasteiger partial charge in [0.15, 0.2) is 0 Å². The molecular formula is C12H14O2. The molecule has 0 heterocycles. The first kappa shape index (κ1) is 10.6. The standard InChI is InChI=1S/C12H14O2/c1-9-3-4-11(7-12(9)8-14)10(2)5-6-13/h3-4,6-8,10H,5H2,1-2H3. The Kier molecular flexibility index (Phi) is 3.57. The summed E-state index contributed by atoms with van der Waals surface area (Å²) in [4.78, 5) is 21.0. The Labute approximate surface area is 83.9 Å². The number of aryl methyl sites for hydroxylation is 1. The second-order valence-corrected chi connectivity index (χ2v) is 3.54. The highest BCUT2D eigenvalue weighted by Crippen LogP contribution is 2.20. The Morgan fingerprint density at radius 2 is 2.07 bits per heavy atom. The first-order valence-electron chi connectivity index (χ1n) is 4.68. The molecule has 0 amide bonds. The summed E-state index contributed by atoms with van der Waals surface area (Å²) in [6, 6.07) is 5.74. The summed E-state index contributed by atoms with van der Waals surface area (Å²) in [6.45, 7) is 3.88. The molecule has 1 rings (SSSR count). The van der Waals surface area contributed by atoms with Gasteiger partial charge in [-0.15, -0.1) is 0 Å². The van der Waals surface area contributed by atoms with Gasteiger partial charge in [-0.3, -0.25) is 4.79 Å². The molecule has 0 saturated carbocycles. The van der Waals surface area contributed by atoms with E-state index in [1.807, 2.05) is 32.0 Å². The van der Waals surface area contributed by atoms with Crippen LogP contribution in [0.3, 0.4) is 0 Å². The molecule has 1 atom stereocenters. The molecule has 0 aliphatic heterocycles. The maximum atomic E-state index is 10.7. The summed E-state index contributed by atoms with van der Waals surface area (Å²) in [5.74, 6) is 0.187. The quantitative estimate of drug-likeness (QED) is 0.683. The lowest BCUT2D eigenvalue weighted by Gasteiger charge is -2.09. The van der Waals surface area contributed by atoms with E-state index in [0.29, 0.717) is 12.0 Å². The molecule has 0 bridgehead atoms. The van der Waals surface area contributed by atoms with Crippen LogP contribution in [0.2, 0.25) is 0 Å². The largest absolute Gasteiger partial charge is 0.303 e. The van der Waals surface area contributed by atoms with Gasteiger partial charge < -0.3 is 4.79 Å². The Bertz CT molecular complexity index is 342. The second kappa shape index (κ2) is 4.70. The lowest BCUT2D eigenvalue weighted by atomic mass is 9.95. The number of hydrogen-bond donors (Lipinski definition) is 0. The van der Waals surface area contributed by atoms with E-state index in [1.165, 1.54) is 0 Å². The van der Waals surface area contributed by atoms with Crippen LogP contribution in [0.5, 0.6) is 0 Å². The summed E-state index contributed by atoms with van der Waals surface area (Å²) < 4.78 is 0. The summed E-state index contributed by atoms with van der Waals surface area (Å²) in [5.41, 5.74) is 2.73. The van der Waals surface area contributed by atoms with Crippen LogP contribution in [0, 0.1) is 6.92 Å². The van der Waals surface area contributed by atoms with Crippen molar-refractivity contribution < 1.29 is 9.59 Å². The predicted molar refractivity (Wildman–Crippen MR) is 55.7 cm³/mol. The van der Waals surface area contributed by atoms with Gasteiger partial charge in [0.25, 0.3) is 0 Å². The minimum Gasteiger partial charge on any atom is -0.303 e. The molecule has 1 aromatic carbocycles. The molecule has 0 spiro atoms. The molecule has 2 nitrogen and oxygen atoms in total. The number of aldehydes is 2. The molecule has 0 saturated heterocycles. The molecule has 14 heavy (non-hydrogen) atoms. The number of carbonyl (C=O) groups excluding carboxylic acids is 2. The molecule has 0 radical (unpaired) electrons. The number of rotatable bonds is 4. The predicted octanol–water partition coefficient (Wildman–Crippen LogP) is 2.50. The molecule has 1 aromatic rings. The van der Waals surface area contributed by atoms with Crippen LogP contribution in [-0.2, 0) is 4.79 Å². The SMILES string of the molecule is Cc1ccc(C(C)CC=O)cc1C=O. The van der Waals surface area contributed by atoms with Crippen LogP contribution in [-0.4, -0.2) is 12.6 Å². The average molecular weight is 190 g/mol. The van der Waals surface area contributed by atoms with Crippen molar-refractivity contribution >= 4 is 12.6 Å². The maximum Gasteiger partial charge on any atom is 0.150 e. The fourth-order valence-electron chi connectivity index (χ4n) is 1.37. The smallest absolute Gasteiger partial charge is 0.150 e. The molecule has 0 aliphatic rings. The number of benzene rings is 1. The third-order valence-electron chi connectivity index (χ3n) is 2.45. The van der Waals surface area contributed by atoms with Crippen molar-refractivity contribution in [1.82, 2.24) is 0 Å². The molecule has 0 aromatic heterocycles. The second-order valence-electron chi connectivity index (χ2n) is 3.54. The van der Waals surface area contributed by atoms with Crippen molar-refractivity contribution in [3.8, 4) is 0 Å². The van der Waals surface area contributed by atoms with Gasteiger partial charge in [0.05, 0.1) is 0 Å². The van der Waals surface area contributed by atoms with Crippen molar-refractivity contribution in [2.45, 2.75) is 26.2 Å². The van der Waals surface area contributed by atoms with Gasteiger partial charge in [0.1, 0.15) is 12.6 Å². The van der Waals surface area contributed by atoms with E-state index in [1.54, 1.807) is 0 Å². The topological polar surface area (TPSA) is 34.1 Å². The Balaban J connectivity index is 2.99. The van der Waals surface area contributed by atoms with E-state index in [9.17, 15) is 9.59 Å². The molecule has 1 unspecified atom stereocenters. The van der Waals surface area contributed by atoms with Crippen molar-refractivity contribution in [1.29, 1.82) is 0 Å². The minimum absolute atomic E-state index is 0.187. The van der Waals surface area contributed by atoms with Crippen LogP contribution in [0.25, 0.3) is 0 Å². The van der Waals surface area contributed by atoms with E-state index in [0.717, 1.165) is 23.7 Å². The summed E-state index contributed by atoms with van der Waals surface area (Å²) >= 11 is 0. The van der Waals surface area contributed by atoms with E-state index >= 15 is 0 Å². The molecule has 0 aliphatic carbocycles. The third-order valence-corrected chi connectivity index (χ3v) is 2.45. The van der Waals surface area contributed by atoms with Crippen LogP contribution in [0.1, 0.15) is 40.7 Å². The van der Waals surface area contributed by atoms with E-state index in [-0.39, 0.29) is 5.92 Å². The first-order valence-corrected chi connectivity index (χ1v) is 4.68. The van der Waals surface area contributed by atoms with Crippen molar-refractivity contribution in [2.75, 3.05) is 0 Å². The lowest BCUT2D eigenvalue weighted by molar-refractivity contribution is -0.108. The van der Waals surface area contributed by atoms with Gasteiger partial charge in [-0.25, -0.2) is 0 Å². The molecule has 2 heteroatoms.